The van der Waals surface area contributed by atoms with E-state index in [-0.39, 0.29) is 6.04 Å². The van der Waals surface area contributed by atoms with Crippen molar-refractivity contribution in [3.05, 3.63) is 10.1 Å². The normalized spacial score (nSPS) is 16.8. The van der Waals surface area contributed by atoms with Gasteiger partial charge in [0.25, 0.3) is 0 Å². The molecule has 0 amide bonds. The first-order chi connectivity index (χ1) is 7.06. The molecule has 90 valence electrons. The lowest BCUT2D eigenvalue weighted by Crippen LogP contribution is -2.35. The summed E-state index contributed by atoms with van der Waals surface area (Å²) in [5.41, 5.74) is 7.48. The van der Waals surface area contributed by atoms with E-state index in [4.69, 9.17) is 5.73 Å². The van der Waals surface area contributed by atoms with Gasteiger partial charge in [0.2, 0.25) is 0 Å². The molecule has 3 N–H and O–H groups in total. The van der Waals surface area contributed by atoms with E-state index < -0.39 is 5.03 Å². The summed E-state index contributed by atoms with van der Waals surface area (Å²) in [6, 6.07) is 0.128. The Hall–Kier alpha value is -0.840. The van der Waals surface area contributed by atoms with Crippen LogP contribution in [-0.4, -0.2) is 17.6 Å². The Morgan fingerprint density at radius 1 is 1.40 bits per heavy atom. The van der Waals surface area contributed by atoms with Crippen LogP contribution in [0, 0.1) is 16.0 Å². The van der Waals surface area contributed by atoms with Gasteiger partial charge < -0.3 is 5.73 Å². The van der Waals surface area contributed by atoms with Crippen molar-refractivity contribution < 1.29 is 5.03 Å². The third-order valence-corrected chi connectivity index (χ3v) is 2.36. The molecule has 15 heavy (non-hydrogen) atoms. The highest BCUT2D eigenvalue weighted by Gasteiger charge is 2.16. The Kier molecular flexibility index (Phi) is 7.99. The molecular formula is C10H23N3O2. The summed E-state index contributed by atoms with van der Waals surface area (Å²) >= 11 is 0. The molecule has 0 radical (unpaired) electrons. The molecule has 1 aliphatic rings. The SMILES string of the molecule is CC(C)CN.O=[N+]([O-])NC1CCCCC1. The molecule has 0 aromatic heterocycles. The standard InChI is InChI=1S/C6H12N2O2.C4H11N/c9-8(10)7-6-4-2-1-3-5-6;1-4(2)3-5/h6-7H,1-5H2;4H,3,5H2,1-2H3. The van der Waals surface area contributed by atoms with E-state index in [1.807, 2.05) is 0 Å². The molecule has 1 rings (SSSR count). The monoisotopic (exact) mass is 217 g/mol. The first-order valence-electron chi connectivity index (χ1n) is 5.67. The van der Waals surface area contributed by atoms with Crippen molar-refractivity contribution in [2.75, 3.05) is 6.54 Å². The molecule has 0 spiro atoms. The summed E-state index contributed by atoms with van der Waals surface area (Å²) in [5.74, 6) is 0.662. The van der Waals surface area contributed by atoms with Crippen LogP contribution in [0.1, 0.15) is 46.0 Å². The van der Waals surface area contributed by atoms with Crippen LogP contribution in [0.3, 0.4) is 0 Å². The van der Waals surface area contributed by atoms with Crippen LogP contribution in [0.25, 0.3) is 0 Å². The Labute approximate surface area is 91.5 Å². The van der Waals surface area contributed by atoms with Gasteiger partial charge in [0.15, 0.2) is 5.03 Å². The van der Waals surface area contributed by atoms with E-state index in [9.17, 15) is 10.1 Å². The molecule has 0 heterocycles. The third kappa shape index (κ3) is 9.46. The van der Waals surface area contributed by atoms with E-state index in [0.717, 1.165) is 32.2 Å². The number of nitrogens with two attached hydrogens (primary N) is 1. The highest BCUT2D eigenvalue weighted by molar-refractivity contribution is 4.67. The van der Waals surface area contributed by atoms with Crippen molar-refractivity contribution in [2.45, 2.75) is 52.0 Å². The second-order valence-electron chi connectivity index (χ2n) is 4.35. The van der Waals surface area contributed by atoms with Crippen LogP contribution < -0.4 is 11.2 Å². The van der Waals surface area contributed by atoms with Crippen LogP contribution in [0.4, 0.5) is 0 Å². The number of rotatable bonds is 3. The molecule has 0 bridgehead atoms. The second kappa shape index (κ2) is 8.47. The van der Waals surface area contributed by atoms with Crippen LogP contribution in [0.2, 0.25) is 0 Å². The first kappa shape index (κ1) is 14.2. The van der Waals surface area contributed by atoms with Gasteiger partial charge in [0.05, 0.1) is 6.04 Å². The van der Waals surface area contributed by atoms with E-state index >= 15 is 0 Å². The van der Waals surface area contributed by atoms with E-state index in [1.165, 1.54) is 6.42 Å². The molecule has 0 aromatic rings. The molecule has 0 aromatic carbocycles. The van der Waals surface area contributed by atoms with Gasteiger partial charge in [-0.3, -0.25) is 0 Å². The summed E-state index contributed by atoms with van der Waals surface area (Å²) in [6.07, 6.45) is 5.41. The Bertz CT molecular complexity index is 168. The molecule has 0 aliphatic heterocycles. The molecule has 1 saturated carbocycles. The molecule has 5 heteroatoms. The third-order valence-electron chi connectivity index (χ3n) is 2.36. The summed E-state index contributed by atoms with van der Waals surface area (Å²) in [5, 5.41) is 9.53. The van der Waals surface area contributed by atoms with Gasteiger partial charge in [0, 0.05) is 0 Å². The van der Waals surface area contributed by atoms with Gasteiger partial charge in [0.1, 0.15) is 0 Å². The van der Waals surface area contributed by atoms with Crippen LogP contribution in [0.5, 0.6) is 0 Å². The Morgan fingerprint density at radius 2 is 1.87 bits per heavy atom. The largest absolute Gasteiger partial charge is 0.330 e. The van der Waals surface area contributed by atoms with Gasteiger partial charge in [-0.05, 0) is 25.3 Å². The number of hydrazine groups is 1. The minimum Gasteiger partial charge on any atom is -0.330 e. The molecule has 0 unspecified atom stereocenters. The van der Waals surface area contributed by atoms with Gasteiger partial charge in [-0.25, -0.2) is 10.1 Å². The molecule has 0 atom stereocenters. The summed E-state index contributed by atoms with van der Waals surface area (Å²) in [4.78, 5) is 9.96. The first-order valence-corrected chi connectivity index (χ1v) is 5.67. The van der Waals surface area contributed by atoms with E-state index in [1.54, 1.807) is 0 Å². The van der Waals surface area contributed by atoms with Crippen molar-refractivity contribution in [2.24, 2.45) is 11.7 Å². The smallest absolute Gasteiger partial charge is 0.157 e. The van der Waals surface area contributed by atoms with Crippen molar-refractivity contribution >= 4 is 0 Å². The molecule has 0 saturated heterocycles. The van der Waals surface area contributed by atoms with Crippen molar-refractivity contribution in [3.8, 4) is 0 Å². The highest BCUT2D eigenvalue weighted by Crippen LogP contribution is 2.16. The van der Waals surface area contributed by atoms with Gasteiger partial charge >= 0.3 is 0 Å². The van der Waals surface area contributed by atoms with Crippen LogP contribution in [0.15, 0.2) is 0 Å². The Morgan fingerprint density at radius 3 is 2.20 bits per heavy atom. The van der Waals surface area contributed by atoms with Gasteiger partial charge in [-0.2, -0.15) is 0 Å². The lowest BCUT2D eigenvalue weighted by atomic mass is 9.96. The number of nitro groups is 1. The lowest BCUT2D eigenvalue weighted by Gasteiger charge is -2.17. The Balaban J connectivity index is 0.000000336. The molecule has 5 nitrogen and oxygen atoms in total. The fraction of sp³-hybridized carbons (Fsp3) is 1.00. The van der Waals surface area contributed by atoms with Crippen molar-refractivity contribution in [1.82, 2.24) is 5.43 Å². The summed E-state index contributed by atoms with van der Waals surface area (Å²) < 4.78 is 0. The highest BCUT2D eigenvalue weighted by atomic mass is 16.7. The second-order valence-corrected chi connectivity index (χ2v) is 4.35. The minimum absolute atomic E-state index is 0.128. The average molecular weight is 217 g/mol. The maximum absolute atomic E-state index is 9.96. The van der Waals surface area contributed by atoms with Gasteiger partial charge in [-0.15, -0.1) is 5.43 Å². The summed E-state index contributed by atoms with van der Waals surface area (Å²) in [7, 11) is 0. The maximum Gasteiger partial charge on any atom is 0.157 e. The zero-order valence-electron chi connectivity index (χ0n) is 9.74. The number of hydrogen-bond acceptors (Lipinski definition) is 3. The molecule has 1 fully saturated rings. The molecule has 1 aliphatic carbocycles. The summed E-state index contributed by atoms with van der Waals surface area (Å²) in [6.45, 7) is 5.00. The van der Waals surface area contributed by atoms with Crippen molar-refractivity contribution in [3.63, 3.8) is 0 Å². The quantitative estimate of drug-likeness (QED) is 0.557. The minimum atomic E-state index is -0.435. The molecular weight excluding hydrogens is 194 g/mol. The fourth-order valence-corrected chi connectivity index (χ4v) is 1.38. The predicted molar refractivity (Wildman–Crippen MR) is 60.9 cm³/mol. The van der Waals surface area contributed by atoms with Crippen molar-refractivity contribution in [1.29, 1.82) is 0 Å². The maximum atomic E-state index is 9.96. The van der Waals surface area contributed by atoms with Gasteiger partial charge in [-0.1, -0.05) is 33.1 Å². The lowest BCUT2D eigenvalue weighted by molar-refractivity contribution is -0.551. The topological polar surface area (TPSA) is 81.2 Å². The number of hydrogen-bond donors (Lipinski definition) is 2. The van der Waals surface area contributed by atoms with Crippen LogP contribution in [-0.2, 0) is 0 Å². The number of nitrogens with zero attached hydrogens (tertiary/aromatic N) is 1. The zero-order valence-corrected chi connectivity index (χ0v) is 9.74. The average Bonchev–Trinajstić information content (AvgIpc) is 2.19. The predicted octanol–water partition coefficient (Wildman–Crippen LogP) is 1.70. The van der Waals surface area contributed by atoms with E-state index in [0.29, 0.717) is 5.92 Å². The zero-order chi connectivity index (χ0) is 11.7. The van der Waals surface area contributed by atoms with Crippen LogP contribution >= 0.6 is 0 Å². The number of nitrogens with one attached hydrogen (secondary N) is 1. The van der Waals surface area contributed by atoms with E-state index in [2.05, 4.69) is 19.3 Å². The fourth-order valence-electron chi connectivity index (χ4n) is 1.38.